The Bertz CT molecular complexity index is 365. The molecule has 0 aromatic heterocycles. The van der Waals surface area contributed by atoms with Crippen LogP contribution in [0, 0.1) is 0 Å². The van der Waals surface area contributed by atoms with Crippen LogP contribution in [0.25, 0.3) is 0 Å². The van der Waals surface area contributed by atoms with E-state index in [2.05, 4.69) is 5.32 Å². The second-order valence-corrected chi connectivity index (χ2v) is 4.58. The van der Waals surface area contributed by atoms with Gasteiger partial charge in [-0.15, -0.1) is 11.8 Å². The molecule has 1 aromatic rings. The molecular formula is C12H15NO2S. The lowest BCUT2D eigenvalue weighted by Gasteiger charge is -2.13. The molecule has 3 nitrogen and oxygen atoms in total. The van der Waals surface area contributed by atoms with Crippen LogP contribution in [0.4, 0.5) is 0 Å². The molecule has 4 heteroatoms. The van der Waals surface area contributed by atoms with E-state index in [1.807, 2.05) is 30.3 Å². The number of rotatable bonds is 5. The van der Waals surface area contributed by atoms with E-state index in [0.29, 0.717) is 5.75 Å². The standard InChI is InChI=1S/C12H15NO2S/c1-9(14)12(13-10(2)15)8-16-11-6-4-3-5-7-11/h3-7,12H,8H2,1-2H3,(H,13,15). The monoisotopic (exact) mass is 237 g/mol. The first kappa shape index (κ1) is 12.8. The average molecular weight is 237 g/mol. The van der Waals surface area contributed by atoms with Crippen molar-refractivity contribution in [2.75, 3.05) is 5.75 Å². The van der Waals surface area contributed by atoms with Gasteiger partial charge in [0.05, 0.1) is 6.04 Å². The Morgan fingerprint density at radius 2 is 1.88 bits per heavy atom. The molecule has 1 atom stereocenters. The highest BCUT2D eigenvalue weighted by Gasteiger charge is 2.15. The van der Waals surface area contributed by atoms with Crippen molar-refractivity contribution >= 4 is 23.5 Å². The fourth-order valence-corrected chi connectivity index (χ4v) is 2.23. The molecule has 1 aromatic carbocycles. The van der Waals surface area contributed by atoms with Gasteiger partial charge >= 0.3 is 0 Å². The number of carbonyl (C=O) groups is 2. The minimum absolute atomic E-state index is 0.0152. The van der Waals surface area contributed by atoms with Crippen LogP contribution >= 0.6 is 11.8 Å². The van der Waals surface area contributed by atoms with Gasteiger partial charge in [0.15, 0.2) is 5.78 Å². The van der Waals surface area contributed by atoms with Crippen molar-refractivity contribution in [3.8, 4) is 0 Å². The van der Waals surface area contributed by atoms with Crippen LogP contribution in [-0.2, 0) is 9.59 Å². The molecule has 0 fully saturated rings. The summed E-state index contributed by atoms with van der Waals surface area (Å²) in [6, 6.07) is 9.40. The lowest BCUT2D eigenvalue weighted by Crippen LogP contribution is -2.40. The highest BCUT2D eigenvalue weighted by molar-refractivity contribution is 7.99. The van der Waals surface area contributed by atoms with Gasteiger partial charge in [-0.2, -0.15) is 0 Å². The molecular weight excluding hydrogens is 222 g/mol. The van der Waals surface area contributed by atoms with Crippen LogP contribution < -0.4 is 5.32 Å². The molecule has 0 saturated heterocycles. The lowest BCUT2D eigenvalue weighted by atomic mass is 10.2. The predicted molar refractivity (Wildman–Crippen MR) is 65.5 cm³/mol. The topological polar surface area (TPSA) is 46.2 Å². The largest absolute Gasteiger partial charge is 0.346 e. The van der Waals surface area contributed by atoms with Crippen molar-refractivity contribution < 1.29 is 9.59 Å². The summed E-state index contributed by atoms with van der Waals surface area (Å²) in [6.07, 6.45) is 0. The van der Waals surface area contributed by atoms with E-state index in [-0.39, 0.29) is 11.7 Å². The zero-order chi connectivity index (χ0) is 12.0. The van der Waals surface area contributed by atoms with Gasteiger partial charge in [-0.3, -0.25) is 9.59 Å². The third-order valence-corrected chi connectivity index (χ3v) is 3.13. The van der Waals surface area contributed by atoms with Crippen molar-refractivity contribution in [2.45, 2.75) is 24.8 Å². The summed E-state index contributed by atoms with van der Waals surface area (Å²) in [5.41, 5.74) is 0. The summed E-state index contributed by atoms with van der Waals surface area (Å²) in [6.45, 7) is 2.91. The molecule has 0 aliphatic rings. The third-order valence-electron chi connectivity index (χ3n) is 2.03. The maximum Gasteiger partial charge on any atom is 0.217 e. The first-order chi connectivity index (χ1) is 7.59. The Morgan fingerprint density at radius 3 is 2.38 bits per heavy atom. The van der Waals surface area contributed by atoms with Crippen LogP contribution in [0.5, 0.6) is 0 Å². The van der Waals surface area contributed by atoms with E-state index in [4.69, 9.17) is 0 Å². The third kappa shape index (κ3) is 4.49. The zero-order valence-corrected chi connectivity index (χ0v) is 10.2. The van der Waals surface area contributed by atoms with Crippen LogP contribution in [0.15, 0.2) is 35.2 Å². The first-order valence-corrected chi connectivity index (χ1v) is 6.03. The maximum atomic E-state index is 11.3. The molecule has 0 saturated carbocycles. The van der Waals surface area contributed by atoms with E-state index in [1.54, 1.807) is 11.8 Å². The fraction of sp³-hybridized carbons (Fsp3) is 0.333. The van der Waals surface area contributed by atoms with Crippen molar-refractivity contribution in [2.24, 2.45) is 0 Å². The number of hydrogen-bond donors (Lipinski definition) is 1. The average Bonchev–Trinajstić information content (AvgIpc) is 2.25. The molecule has 16 heavy (non-hydrogen) atoms. The number of Topliss-reactive ketones (excluding diaryl/α,β-unsaturated/α-hetero) is 1. The number of carbonyl (C=O) groups excluding carboxylic acids is 2. The van der Waals surface area contributed by atoms with Gasteiger partial charge in [-0.1, -0.05) is 18.2 Å². The summed E-state index contributed by atoms with van der Waals surface area (Å²) in [5.74, 6) is 0.381. The normalized spacial score (nSPS) is 11.9. The highest BCUT2D eigenvalue weighted by atomic mass is 32.2. The van der Waals surface area contributed by atoms with Gasteiger partial charge in [-0.05, 0) is 19.1 Å². The molecule has 1 rings (SSSR count). The van der Waals surface area contributed by atoms with Gasteiger partial charge in [0.1, 0.15) is 0 Å². The molecule has 0 bridgehead atoms. The smallest absolute Gasteiger partial charge is 0.217 e. The van der Waals surface area contributed by atoms with Gasteiger partial charge in [0.2, 0.25) is 5.91 Å². The SMILES string of the molecule is CC(=O)NC(CSc1ccccc1)C(C)=O. The summed E-state index contributed by atoms with van der Waals surface area (Å²) in [4.78, 5) is 23.3. The van der Waals surface area contributed by atoms with Crippen molar-refractivity contribution in [1.29, 1.82) is 0 Å². The van der Waals surface area contributed by atoms with Gasteiger partial charge in [0, 0.05) is 17.6 Å². The van der Waals surface area contributed by atoms with Crippen LogP contribution in [-0.4, -0.2) is 23.5 Å². The Hall–Kier alpha value is -1.29. The van der Waals surface area contributed by atoms with Gasteiger partial charge < -0.3 is 5.32 Å². The first-order valence-electron chi connectivity index (χ1n) is 5.05. The van der Waals surface area contributed by atoms with Crippen LogP contribution in [0.3, 0.4) is 0 Å². The second-order valence-electron chi connectivity index (χ2n) is 3.49. The Kier molecular flexibility index (Phi) is 5.05. The number of benzene rings is 1. The molecule has 1 N–H and O–H groups in total. The molecule has 0 radical (unpaired) electrons. The minimum Gasteiger partial charge on any atom is -0.346 e. The van der Waals surface area contributed by atoms with E-state index >= 15 is 0 Å². The minimum atomic E-state index is -0.400. The highest BCUT2D eigenvalue weighted by Crippen LogP contribution is 2.18. The second kappa shape index (κ2) is 6.33. The Labute approximate surface area is 99.6 Å². The van der Waals surface area contributed by atoms with E-state index < -0.39 is 6.04 Å². The number of nitrogens with one attached hydrogen (secondary N) is 1. The quantitative estimate of drug-likeness (QED) is 0.795. The molecule has 86 valence electrons. The molecule has 0 aliphatic carbocycles. The molecule has 0 heterocycles. The fourth-order valence-electron chi connectivity index (χ4n) is 1.20. The predicted octanol–water partition coefficient (Wildman–Crippen LogP) is 1.87. The van der Waals surface area contributed by atoms with Crippen LogP contribution in [0.1, 0.15) is 13.8 Å². The van der Waals surface area contributed by atoms with E-state index in [0.717, 1.165) is 4.90 Å². The number of amides is 1. The lowest BCUT2D eigenvalue weighted by molar-refractivity contribution is -0.125. The summed E-state index contributed by atoms with van der Waals surface area (Å²) in [5, 5.41) is 2.64. The van der Waals surface area contributed by atoms with Crippen molar-refractivity contribution in [1.82, 2.24) is 5.32 Å². The summed E-state index contributed by atoms with van der Waals surface area (Å²) in [7, 11) is 0. The van der Waals surface area contributed by atoms with Crippen molar-refractivity contribution in [3.63, 3.8) is 0 Å². The summed E-state index contributed by atoms with van der Waals surface area (Å²) >= 11 is 1.56. The van der Waals surface area contributed by atoms with Gasteiger partial charge in [-0.25, -0.2) is 0 Å². The van der Waals surface area contributed by atoms with Gasteiger partial charge in [0.25, 0.3) is 0 Å². The molecule has 0 spiro atoms. The van der Waals surface area contributed by atoms with Crippen molar-refractivity contribution in [3.05, 3.63) is 30.3 Å². The van der Waals surface area contributed by atoms with E-state index in [9.17, 15) is 9.59 Å². The maximum absolute atomic E-state index is 11.3. The molecule has 1 amide bonds. The Morgan fingerprint density at radius 1 is 1.25 bits per heavy atom. The Balaban J connectivity index is 2.50. The van der Waals surface area contributed by atoms with E-state index in [1.165, 1.54) is 13.8 Å². The summed E-state index contributed by atoms with van der Waals surface area (Å²) < 4.78 is 0. The number of hydrogen-bond acceptors (Lipinski definition) is 3. The number of ketones is 1. The van der Waals surface area contributed by atoms with Crippen LogP contribution in [0.2, 0.25) is 0 Å². The zero-order valence-electron chi connectivity index (χ0n) is 9.40. The number of thioether (sulfide) groups is 1. The molecule has 0 aliphatic heterocycles. The molecule has 1 unspecified atom stereocenters.